The fourth-order valence-corrected chi connectivity index (χ4v) is 1.84. The molecule has 0 saturated heterocycles. The lowest BCUT2D eigenvalue weighted by molar-refractivity contribution is 0.0943. The summed E-state index contributed by atoms with van der Waals surface area (Å²) in [5.74, 6) is -0.348. The van der Waals surface area contributed by atoms with Gasteiger partial charge in [-0.05, 0) is 36.8 Å². The van der Waals surface area contributed by atoms with E-state index in [4.69, 9.17) is 10.5 Å². The molecule has 0 atom stereocenters. The van der Waals surface area contributed by atoms with Crippen molar-refractivity contribution in [1.29, 1.82) is 0 Å². The minimum atomic E-state index is -0.524. The van der Waals surface area contributed by atoms with Crippen molar-refractivity contribution in [2.24, 2.45) is 0 Å². The molecule has 0 fully saturated rings. The summed E-state index contributed by atoms with van der Waals surface area (Å²) < 4.78 is 19.0. The fraction of sp³-hybridized carbons (Fsp3) is 0.188. The Labute approximate surface area is 122 Å². The summed E-state index contributed by atoms with van der Waals surface area (Å²) in [6, 6.07) is 11.5. The number of ether oxygens (including phenoxy) is 1. The number of nitrogens with one attached hydrogen (secondary N) is 1. The van der Waals surface area contributed by atoms with Gasteiger partial charge >= 0.3 is 0 Å². The van der Waals surface area contributed by atoms with Gasteiger partial charge in [-0.25, -0.2) is 4.39 Å². The predicted octanol–water partition coefficient (Wildman–Crippen LogP) is 2.53. The van der Waals surface area contributed by atoms with E-state index in [1.807, 2.05) is 0 Å². The highest BCUT2D eigenvalue weighted by Gasteiger charge is 2.10. The quantitative estimate of drug-likeness (QED) is 0.656. The summed E-state index contributed by atoms with van der Waals surface area (Å²) in [6.45, 7) is 2.33. The molecular formula is C16H17FN2O2. The molecule has 0 aliphatic heterocycles. The van der Waals surface area contributed by atoms with Crippen molar-refractivity contribution >= 4 is 11.6 Å². The number of nitrogens with two attached hydrogens (primary N) is 1. The third-order valence-corrected chi connectivity index (χ3v) is 2.88. The Morgan fingerprint density at radius 3 is 2.81 bits per heavy atom. The zero-order valence-electron chi connectivity index (χ0n) is 11.7. The van der Waals surface area contributed by atoms with E-state index in [2.05, 4.69) is 5.32 Å². The molecule has 2 aromatic rings. The lowest BCUT2D eigenvalue weighted by Crippen LogP contribution is -2.28. The van der Waals surface area contributed by atoms with Crippen molar-refractivity contribution < 1.29 is 13.9 Å². The van der Waals surface area contributed by atoms with Crippen LogP contribution in [-0.4, -0.2) is 19.1 Å². The Bertz CT molecular complexity index is 644. The molecule has 0 radical (unpaired) electrons. The van der Waals surface area contributed by atoms with Crippen LogP contribution in [0, 0.1) is 12.7 Å². The first-order valence-electron chi connectivity index (χ1n) is 6.59. The minimum absolute atomic E-state index is 0.0320. The highest BCUT2D eigenvalue weighted by molar-refractivity contribution is 5.94. The number of anilines is 1. The number of hydrogen-bond donors (Lipinski definition) is 2. The van der Waals surface area contributed by atoms with Crippen LogP contribution >= 0.6 is 0 Å². The van der Waals surface area contributed by atoms with Crippen molar-refractivity contribution in [2.45, 2.75) is 6.92 Å². The maximum absolute atomic E-state index is 13.6. The van der Waals surface area contributed by atoms with E-state index in [9.17, 15) is 9.18 Å². The molecule has 110 valence electrons. The summed E-state index contributed by atoms with van der Waals surface area (Å²) in [6.07, 6.45) is 0. The number of aryl methyl sites for hydroxylation is 1. The van der Waals surface area contributed by atoms with E-state index in [1.165, 1.54) is 12.1 Å². The molecule has 0 aromatic heterocycles. The monoisotopic (exact) mass is 288 g/mol. The zero-order chi connectivity index (χ0) is 15.2. The van der Waals surface area contributed by atoms with Gasteiger partial charge in [0.15, 0.2) is 0 Å². The Morgan fingerprint density at radius 1 is 1.29 bits per heavy atom. The first-order chi connectivity index (χ1) is 10.1. The molecule has 0 aliphatic rings. The van der Waals surface area contributed by atoms with Gasteiger partial charge in [0.25, 0.3) is 5.91 Å². The van der Waals surface area contributed by atoms with Crippen LogP contribution in [-0.2, 0) is 0 Å². The molecule has 0 bridgehead atoms. The van der Waals surface area contributed by atoms with Gasteiger partial charge in [-0.1, -0.05) is 12.1 Å². The molecule has 21 heavy (non-hydrogen) atoms. The number of halogens is 1. The van der Waals surface area contributed by atoms with Gasteiger partial charge in [-0.3, -0.25) is 4.79 Å². The Morgan fingerprint density at radius 2 is 2.10 bits per heavy atom. The maximum atomic E-state index is 13.6. The predicted molar refractivity (Wildman–Crippen MR) is 79.8 cm³/mol. The van der Waals surface area contributed by atoms with Gasteiger partial charge in [0.1, 0.15) is 18.2 Å². The number of hydrogen-bond acceptors (Lipinski definition) is 3. The standard InChI is InChI=1S/C16H17FN2O2/c1-11-5-6-14(15(17)9-11)16(20)19-7-8-21-13-4-2-3-12(18)10-13/h2-6,9-10H,7-8,18H2,1H3,(H,19,20). The summed E-state index contributed by atoms with van der Waals surface area (Å²) in [4.78, 5) is 11.8. The van der Waals surface area contributed by atoms with E-state index in [-0.39, 0.29) is 18.7 Å². The largest absolute Gasteiger partial charge is 0.492 e. The van der Waals surface area contributed by atoms with Crippen molar-refractivity contribution in [3.8, 4) is 5.75 Å². The van der Waals surface area contributed by atoms with Crippen molar-refractivity contribution in [3.63, 3.8) is 0 Å². The van der Waals surface area contributed by atoms with Crippen LogP contribution in [0.15, 0.2) is 42.5 Å². The average molecular weight is 288 g/mol. The topological polar surface area (TPSA) is 64.3 Å². The van der Waals surface area contributed by atoms with Crippen molar-refractivity contribution in [2.75, 3.05) is 18.9 Å². The molecular weight excluding hydrogens is 271 g/mol. The molecule has 0 saturated carbocycles. The summed E-state index contributed by atoms with van der Waals surface area (Å²) in [5.41, 5.74) is 7.04. The van der Waals surface area contributed by atoms with Gasteiger partial charge in [0, 0.05) is 11.8 Å². The highest BCUT2D eigenvalue weighted by atomic mass is 19.1. The van der Waals surface area contributed by atoms with E-state index in [0.717, 1.165) is 5.56 Å². The van der Waals surface area contributed by atoms with Crippen molar-refractivity contribution in [3.05, 3.63) is 59.4 Å². The lowest BCUT2D eigenvalue weighted by Gasteiger charge is -2.09. The Balaban J connectivity index is 1.82. The normalized spacial score (nSPS) is 10.2. The lowest BCUT2D eigenvalue weighted by atomic mass is 10.1. The molecule has 2 aromatic carbocycles. The molecule has 0 heterocycles. The second-order valence-electron chi connectivity index (χ2n) is 4.66. The summed E-state index contributed by atoms with van der Waals surface area (Å²) >= 11 is 0. The Kier molecular flexibility index (Phi) is 4.77. The number of benzene rings is 2. The van der Waals surface area contributed by atoms with E-state index in [1.54, 1.807) is 37.3 Å². The number of carbonyl (C=O) groups excluding carboxylic acids is 1. The van der Waals surface area contributed by atoms with Crippen LogP contribution in [0.4, 0.5) is 10.1 Å². The molecule has 3 N–H and O–H groups in total. The molecule has 1 amide bonds. The molecule has 0 aliphatic carbocycles. The SMILES string of the molecule is Cc1ccc(C(=O)NCCOc2cccc(N)c2)c(F)c1. The second kappa shape index (κ2) is 6.74. The third-order valence-electron chi connectivity index (χ3n) is 2.88. The second-order valence-corrected chi connectivity index (χ2v) is 4.66. The fourth-order valence-electron chi connectivity index (χ4n) is 1.84. The smallest absolute Gasteiger partial charge is 0.254 e. The highest BCUT2D eigenvalue weighted by Crippen LogP contribution is 2.14. The van der Waals surface area contributed by atoms with Crippen molar-refractivity contribution in [1.82, 2.24) is 5.32 Å². The maximum Gasteiger partial charge on any atom is 0.254 e. The third kappa shape index (κ3) is 4.21. The first kappa shape index (κ1) is 14.8. The summed E-state index contributed by atoms with van der Waals surface area (Å²) in [7, 11) is 0. The number of amides is 1. The molecule has 2 rings (SSSR count). The number of carbonyl (C=O) groups is 1. The molecule has 0 spiro atoms. The number of nitrogen functional groups attached to an aromatic ring is 1. The van der Waals surface area contributed by atoms with Gasteiger partial charge in [-0.15, -0.1) is 0 Å². The number of rotatable bonds is 5. The van der Waals surface area contributed by atoms with Gasteiger partial charge in [-0.2, -0.15) is 0 Å². The molecule has 4 nitrogen and oxygen atoms in total. The summed E-state index contributed by atoms with van der Waals surface area (Å²) in [5, 5.41) is 2.61. The van der Waals surface area contributed by atoms with Crippen LogP contribution in [0.25, 0.3) is 0 Å². The van der Waals surface area contributed by atoms with E-state index < -0.39 is 11.7 Å². The van der Waals surface area contributed by atoms with Crippen LogP contribution in [0.2, 0.25) is 0 Å². The zero-order valence-corrected chi connectivity index (χ0v) is 11.7. The molecule has 5 heteroatoms. The Hall–Kier alpha value is -2.56. The van der Waals surface area contributed by atoms with Gasteiger partial charge < -0.3 is 15.8 Å². The van der Waals surface area contributed by atoms with Gasteiger partial charge in [0.05, 0.1) is 12.1 Å². The molecule has 0 unspecified atom stereocenters. The van der Waals surface area contributed by atoms with Gasteiger partial charge in [0.2, 0.25) is 0 Å². The van der Waals surface area contributed by atoms with E-state index >= 15 is 0 Å². The first-order valence-corrected chi connectivity index (χ1v) is 6.59. The van der Waals surface area contributed by atoms with Crippen LogP contribution in [0.5, 0.6) is 5.75 Å². The van der Waals surface area contributed by atoms with E-state index in [0.29, 0.717) is 11.4 Å². The van der Waals surface area contributed by atoms with Crippen LogP contribution < -0.4 is 15.8 Å². The van der Waals surface area contributed by atoms with Crippen LogP contribution in [0.1, 0.15) is 15.9 Å². The van der Waals surface area contributed by atoms with Crippen LogP contribution in [0.3, 0.4) is 0 Å². The average Bonchev–Trinajstić information content (AvgIpc) is 2.43. The minimum Gasteiger partial charge on any atom is -0.492 e.